The lowest BCUT2D eigenvalue weighted by Crippen LogP contribution is -2.49. The molecule has 0 atom stereocenters. The lowest BCUT2D eigenvalue weighted by Gasteiger charge is -2.37. The van der Waals surface area contributed by atoms with Crippen molar-refractivity contribution in [1.29, 1.82) is 0 Å². The highest BCUT2D eigenvalue weighted by atomic mass is 35.5. The van der Waals surface area contributed by atoms with Crippen LogP contribution in [-0.4, -0.2) is 62.4 Å². The molecule has 0 saturated carbocycles. The lowest BCUT2D eigenvalue weighted by molar-refractivity contribution is -0.140. The number of carbonyl (C=O) groups is 2. The van der Waals surface area contributed by atoms with Gasteiger partial charge in [0, 0.05) is 31.8 Å². The summed E-state index contributed by atoms with van der Waals surface area (Å²) < 4.78 is 14.9. The fourth-order valence-electron chi connectivity index (χ4n) is 1.83. The fourth-order valence-corrected chi connectivity index (χ4v) is 1.83. The Labute approximate surface area is 125 Å². The molecular weight excluding hydrogens is 286 g/mol. The highest BCUT2D eigenvalue weighted by Gasteiger charge is 2.26. The first kappa shape index (κ1) is 18.9. The molecule has 0 bridgehead atoms. The summed E-state index contributed by atoms with van der Waals surface area (Å²) in [5.74, 6) is -1.12. The second-order valence-electron chi connectivity index (χ2n) is 4.91. The van der Waals surface area contributed by atoms with Crippen molar-refractivity contribution in [3.63, 3.8) is 0 Å². The number of esters is 2. The van der Waals surface area contributed by atoms with E-state index in [2.05, 4.69) is 9.64 Å². The van der Waals surface area contributed by atoms with E-state index < -0.39 is 11.9 Å². The van der Waals surface area contributed by atoms with Crippen molar-refractivity contribution < 1.29 is 23.8 Å². The summed E-state index contributed by atoms with van der Waals surface area (Å²) in [6.45, 7) is 7.34. The molecule has 0 aliphatic carbocycles. The van der Waals surface area contributed by atoms with Gasteiger partial charge in [0.05, 0.1) is 19.3 Å². The van der Waals surface area contributed by atoms with Crippen LogP contribution in [0.1, 0.15) is 13.8 Å². The van der Waals surface area contributed by atoms with Crippen LogP contribution in [0.5, 0.6) is 0 Å². The van der Waals surface area contributed by atoms with E-state index in [1.54, 1.807) is 0 Å². The van der Waals surface area contributed by atoms with E-state index in [9.17, 15) is 9.59 Å². The van der Waals surface area contributed by atoms with E-state index >= 15 is 0 Å². The minimum atomic E-state index is -0.577. The van der Waals surface area contributed by atoms with Gasteiger partial charge < -0.3 is 14.2 Å². The number of ether oxygens (including phenoxy) is 3. The molecule has 0 spiro atoms. The zero-order valence-corrected chi connectivity index (χ0v) is 12.9. The van der Waals surface area contributed by atoms with Gasteiger partial charge in [-0.2, -0.15) is 0 Å². The molecule has 1 aliphatic heterocycles. The molecule has 6 nitrogen and oxygen atoms in total. The number of nitrogens with zero attached hydrogens (tertiary/aromatic N) is 1. The number of carbonyl (C=O) groups excluding carboxylic acids is 2. The largest absolute Gasteiger partial charge is 0.466 e. The minimum Gasteiger partial charge on any atom is -0.466 e. The number of hydrogen-bond donors (Lipinski definition) is 0. The summed E-state index contributed by atoms with van der Waals surface area (Å²) in [6, 6.07) is 0. The summed E-state index contributed by atoms with van der Waals surface area (Å²) in [6.07, 6.45) is 2.11. The standard InChI is InChI=1S/C13H21NO5.ClH/c1-13(2)10-14(7-9-19-13)6-8-18-12(16)5-4-11(15)17-3;/h4-5H,6-10H2,1-3H3;1H/b5-4+;. The second-order valence-corrected chi connectivity index (χ2v) is 4.91. The summed E-state index contributed by atoms with van der Waals surface area (Å²) in [4.78, 5) is 24.2. The maximum atomic E-state index is 11.3. The van der Waals surface area contributed by atoms with Gasteiger partial charge in [-0.15, -0.1) is 12.4 Å². The quantitative estimate of drug-likeness (QED) is 0.553. The number of methoxy groups -OCH3 is 1. The number of halogens is 1. The highest BCUT2D eigenvalue weighted by Crippen LogP contribution is 2.15. The van der Waals surface area contributed by atoms with Gasteiger partial charge in [-0.3, -0.25) is 4.90 Å². The number of rotatable bonds is 5. The Bertz CT molecular complexity index is 357. The van der Waals surface area contributed by atoms with Crippen molar-refractivity contribution in [3.05, 3.63) is 12.2 Å². The average Bonchev–Trinajstić information content (AvgIpc) is 2.34. The van der Waals surface area contributed by atoms with E-state index in [0.717, 1.165) is 25.2 Å². The molecule has 0 radical (unpaired) electrons. The molecule has 7 heteroatoms. The third-order valence-electron chi connectivity index (χ3n) is 2.71. The Morgan fingerprint density at radius 3 is 2.55 bits per heavy atom. The van der Waals surface area contributed by atoms with Gasteiger partial charge in [0.2, 0.25) is 0 Å². The van der Waals surface area contributed by atoms with Crippen molar-refractivity contribution >= 4 is 24.3 Å². The molecule has 0 aromatic carbocycles. The van der Waals surface area contributed by atoms with Gasteiger partial charge in [-0.1, -0.05) is 0 Å². The molecule has 0 aromatic heterocycles. The predicted octanol–water partition coefficient (Wildman–Crippen LogP) is 0.791. The first-order valence-electron chi connectivity index (χ1n) is 6.22. The van der Waals surface area contributed by atoms with Crippen molar-refractivity contribution in [2.75, 3.05) is 40.0 Å². The van der Waals surface area contributed by atoms with Gasteiger partial charge in [0.25, 0.3) is 0 Å². The molecule has 1 saturated heterocycles. The molecule has 0 unspecified atom stereocenters. The molecule has 1 aliphatic rings. The maximum absolute atomic E-state index is 11.3. The van der Waals surface area contributed by atoms with Crippen molar-refractivity contribution in [2.24, 2.45) is 0 Å². The monoisotopic (exact) mass is 307 g/mol. The molecular formula is C13H22ClNO5. The molecule has 116 valence electrons. The van der Waals surface area contributed by atoms with Crippen LogP contribution in [-0.2, 0) is 23.8 Å². The molecule has 0 amide bonds. The van der Waals surface area contributed by atoms with Crippen LogP contribution in [0.4, 0.5) is 0 Å². The zero-order chi connectivity index (χ0) is 14.3. The van der Waals surface area contributed by atoms with E-state index in [1.807, 2.05) is 13.8 Å². The predicted molar refractivity (Wildman–Crippen MR) is 75.8 cm³/mol. The Balaban J connectivity index is 0.00000361. The van der Waals surface area contributed by atoms with Crippen LogP contribution in [0.3, 0.4) is 0 Å². The molecule has 0 N–H and O–H groups in total. The van der Waals surface area contributed by atoms with E-state index in [1.165, 1.54) is 7.11 Å². The SMILES string of the molecule is COC(=O)/C=C/C(=O)OCCN1CCOC(C)(C)C1.Cl. The molecule has 0 aromatic rings. The highest BCUT2D eigenvalue weighted by molar-refractivity contribution is 5.91. The first-order valence-corrected chi connectivity index (χ1v) is 6.22. The van der Waals surface area contributed by atoms with Crippen LogP contribution in [0.15, 0.2) is 12.2 Å². The lowest BCUT2D eigenvalue weighted by atomic mass is 10.1. The van der Waals surface area contributed by atoms with Crippen LogP contribution in [0, 0.1) is 0 Å². The smallest absolute Gasteiger partial charge is 0.331 e. The van der Waals surface area contributed by atoms with Crippen LogP contribution >= 0.6 is 12.4 Å². The molecule has 1 heterocycles. The van der Waals surface area contributed by atoms with Crippen LogP contribution < -0.4 is 0 Å². The summed E-state index contributed by atoms with van der Waals surface area (Å²) in [5, 5.41) is 0. The summed E-state index contributed by atoms with van der Waals surface area (Å²) in [5.41, 5.74) is -0.160. The number of hydrogen-bond acceptors (Lipinski definition) is 6. The zero-order valence-electron chi connectivity index (χ0n) is 12.1. The van der Waals surface area contributed by atoms with Crippen molar-refractivity contribution in [3.8, 4) is 0 Å². The minimum absolute atomic E-state index is 0. The third kappa shape index (κ3) is 7.47. The first-order chi connectivity index (χ1) is 8.93. The summed E-state index contributed by atoms with van der Waals surface area (Å²) >= 11 is 0. The van der Waals surface area contributed by atoms with E-state index in [0.29, 0.717) is 19.8 Å². The van der Waals surface area contributed by atoms with Crippen molar-refractivity contribution in [1.82, 2.24) is 4.90 Å². The van der Waals surface area contributed by atoms with Gasteiger partial charge in [0.1, 0.15) is 6.61 Å². The average molecular weight is 308 g/mol. The van der Waals surface area contributed by atoms with E-state index in [-0.39, 0.29) is 18.0 Å². The number of morpholine rings is 1. The Kier molecular flexibility index (Phi) is 8.45. The molecule has 1 fully saturated rings. The van der Waals surface area contributed by atoms with E-state index in [4.69, 9.17) is 9.47 Å². The Morgan fingerprint density at radius 1 is 1.30 bits per heavy atom. The Morgan fingerprint density at radius 2 is 1.95 bits per heavy atom. The van der Waals surface area contributed by atoms with Crippen LogP contribution in [0.25, 0.3) is 0 Å². The Hall–Kier alpha value is -1.11. The van der Waals surface area contributed by atoms with Crippen LogP contribution in [0.2, 0.25) is 0 Å². The fraction of sp³-hybridized carbons (Fsp3) is 0.692. The maximum Gasteiger partial charge on any atom is 0.331 e. The molecule has 1 rings (SSSR count). The second kappa shape index (κ2) is 8.94. The van der Waals surface area contributed by atoms with Gasteiger partial charge >= 0.3 is 11.9 Å². The van der Waals surface area contributed by atoms with Gasteiger partial charge in [0.15, 0.2) is 0 Å². The van der Waals surface area contributed by atoms with Gasteiger partial charge in [-0.25, -0.2) is 9.59 Å². The normalized spacial score (nSPS) is 18.4. The topological polar surface area (TPSA) is 65.1 Å². The third-order valence-corrected chi connectivity index (χ3v) is 2.71. The van der Waals surface area contributed by atoms with Crippen molar-refractivity contribution in [2.45, 2.75) is 19.4 Å². The molecule has 20 heavy (non-hydrogen) atoms. The van der Waals surface area contributed by atoms with Gasteiger partial charge in [-0.05, 0) is 13.8 Å². The summed E-state index contributed by atoms with van der Waals surface area (Å²) in [7, 11) is 1.25.